The van der Waals surface area contributed by atoms with Gasteiger partial charge in [-0.25, -0.2) is 0 Å². The Hall–Kier alpha value is -2.21. The molecule has 1 unspecified atom stereocenters. The van der Waals surface area contributed by atoms with Crippen LogP contribution in [0.2, 0.25) is 0 Å². The quantitative estimate of drug-likeness (QED) is 0.847. The second-order valence-corrected chi connectivity index (χ2v) is 5.15. The molecule has 0 aliphatic carbocycles. The molecule has 0 saturated carbocycles. The van der Waals surface area contributed by atoms with Crippen molar-refractivity contribution in [1.82, 2.24) is 10.6 Å². The van der Waals surface area contributed by atoms with Gasteiger partial charge in [-0.1, -0.05) is 6.07 Å². The highest BCUT2D eigenvalue weighted by atomic mass is 32.1. The summed E-state index contributed by atoms with van der Waals surface area (Å²) in [6.07, 6.45) is 1.64. The molecule has 0 radical (unpaired) electrons. The van der Waals surface area contributed by atoms with Gasteiger partial charge in [0.2, 0.25) is 6.79 Å². The zero-order valence-electron chi connectivity index (χ0n) is 11.6. The topological polar surface area (TPSA) is 55.7 Å². The predicted octanol–water partition coefficient (Wildman–Crippen LogP) is 2.73. The van der Waals surface area contributed by atoms with Gasteiger partial charge in [0, 0.05) is 0 Å². The van der Waals surface area contributed by atoms with Crippen LogP contribution in [0.1, 0.15) is 24.3 Å². The average molecular weight is 304 g/mol. The predicted molar refractivity (Wildman–Crippen MR) is 82.3 cm³/mol. The first-order valence-corrected chi connectivity index (χ1v) is 7.09. The van der Waals surface area contributed by atoms with E-state index in [1.54, 1.807) is 6.26 Å². The van der Waals surface area contributed by atoms with Crippen LogP contribution in [0.25, 0.3) is 0 Å². The van der Waals surface area contributed by atoms with Gasteiger partial charge in [0.25, 0.3) is 0 Å². The van der Waals surface area contributed by atoms with Crippen LogP contribution in [0.5, 0.6) is 11.5 Å². The second kappa shape index (κ2) is 6.05. The monoisotopic (exact) mass is 304 g/mol. The van der Waals surface area contributed by atoms with E-state index >= 15 is 0 Å². The van der Waals surface area contributed by atoms with Crippen molar-refractivity contribution in [2.75, 3.05) is 6.79 Å². The van der Waals surface area contributed by atoms with Gasteiger partial charge in [-0.05, 0) is 49.0 Å². The first-order chi connectivity index (χ1) is 10.2. The molecule has 2 heterocycles. The minimum atomic E-state index is 0.0658. The van der Waals surface area contributed by atoms with Gasteiger partial charge in [-0.2, -0.15) is 0 Å². The Morgan fingerprint density at radius 3 is 2.95 bits per heavy atom. The third-order valence-corrected chi connectivity index (χ3v) is 3.51. The van der Waals surface area contributed by atoms with Crippen LogP contribution in [-0.2, 0) is 6.54 Å². The molecule has 1 aliphatic heterocycles. The number of hydrogen-bond donors (Lipinski definition) is 2. The minimum Gasteiger partial charge on any atom is -0.467 e. The van der Waals surface area contributed by atoms with E-state index in [4.69, 9.17) is 26.1 Å². The summed E-state index contributed by atoms with van der Waals surface area (Å²) in [7, 11) is 0. The lowest BCUT2D eigenvalue weighted by atomic mass is 10.1. The number of furan rings is 1. The largest absolute Gasteiger partial charge is 0.467 e. The molecule has 3 rings (SSSR count). The maximum atomic E-state index is 5.38. The summed E-state index contributed by atoms with van der Waals surface area (Å²) in [5.74, 6) is 2.40. The van der Waals surface area contributed by atoms with Crippen LogP contribution in [-0.4, -0.2) is 11.9 Å². The molecule has 6 heteroatoms. The molecule has 1 atom stereocenters. The number of ether oxygens (including phenoxy) is 2. The molecule has 0 spiro atoms. The van der Waals surface area contributed by atoms with Gasteiger partial charge < -0.3 is 24.5 Å². The summed E-state index contributed by atoms with van der Waals surface area (Å²) in [5, 5.41) is 6.92. The smallest absolute Gasteiger partial charge is 0.231 e. The third kappa shape index (κ3) is 3.28. The minimum absolute atomic E-state index is 0.0658. The molecule has 1 aliphatic rings. The fourth-order valence-corrected chi connectivity index (χ4v) is 2.34. The van der Waals surface area contributed by atoms with Gasteiger partial charge in [-0.15, -0.1) is 0 Å². The molecule has 110 valence electrons. The molecule has 0 fully saturated rings. The Labute approximate surface area is 128 Å². The zero-order chi connectivity index (χ0) is 14.7. The summed E-state index contributed by atoms with van der Waals surface area (Å²) in [6, 6.07) is 9.70. The number of thiocarbonyl (C=S) groups is 1. The highest BCUT2D eigenvalue weighted by Gasteiger charge is 2.16. The van der Waals surface area contributed by atoms with Crippen molar-refractivity contribution in [3.8, 4) is 11.5 Å². The zero-order valence-corrected chi connectivity index (χ0v) is 12.4. The maximum absolute atomic E-state index is 5.38. The summed E-state index contributed by atoms with van der Waals surface area (Å²) < 4.78 is 15.9. The number of benzene rings is 1. The Morgan fingerprint density at radius 1 is 1.29 bits per heavy atom. The molecule has 1 aromatic carbocycles. The van der Waals surface area contributed by atoms with Gasteiger partial charge in [0.15, 0.2) is 16.6 Å². The number of nitrogens with one attached hydrogen (secondary N) is 2. The number of hydrogen-bond acceptors (Lipinski definition) is 4. The highest BCUT2D eigenvalue weighted by molar-refractivity contribution is 7.80. The first-order valence-electron chi connectivity index (χ1n) is 6.68. The SMILES string of the molecule is CC(NC(=S)NCc1ccco1)c1ccc2c(c1)OCO2. The van der Waals surface area contributed by atoms with Crippen LogP contribution in [0, 0.1) is 0 Å². The van der Waals surface area contributed by atoms with Gasteiger partial charge in [-0.3, -0.25) is 0 Å². The second-order valence-electron chi connectivity index (χ2n) is 4.74. The van der Waals surface area contributed by atoms with E-state index in [0.29, 0.717) is 11.7 Å². The highest BCUT2D eigenvalue weighted by Crippen LogP contribution is 2.34. The van der Waals surface area contributed by atoms with Crippen LogP contribution < -0.4 is 20.1 Å². The molecule has 2 N–H and O–H groups in total. The number of rotatable bonds is 4. The molecular weight excluding hydrogens is 288 g/mol. The lowest BCUT2D eigenvalue weighted by Gasteiger charge is -2.17. The molecule has 21 heavy (non-hydrogen) atoms. The Balaban J connectivity index is 1.55. The summed E-state index contributed by atoms with van der Waals surface area (Å²) in [6.45, 7) is 2.88. The molecule has 1 aromatic heterocycles. The van der Waals surface area contributed by atoms with Crippen molar-refractivity contribution >= 4 is 17.3 Å². The fraction of sp³-hybridized carbons (Fsp3) is 0.267. The maximum Gasteiger partial charge on any atom is 0.231 e. The van der Waals surface area contributed by atoms with E-state index in [0.717, 1.165) is 22.8 Å². The van der Waals surface area contributed by atoms with Crippen LogP contribution >= 0.6 is 12.2 Å². The standard InChI is InChI=1S/C15H16N2O3S/c1-10(11-4-5-13-14(7-11)20-9-19-13)17-15(21)16-8-12-3-2-6-18-12/h2-7,10H,8-9H2,1H3,(H2,16,17,21). The third-order valence-electron chi connectivity index (χ3n) is 3.25. The first kappa shape index (κ1) is 13.8. The number of fused-ring (bicyclic) bond motifs is 1. The van der Waals surface area contributed by atoms with Crippen LogP contribution in [0.4, 0.5) is 0 Å². The van der Waals surface area contributed by atoms with Gasteiger partial charge in [0.1, 0.15) is 5.76 Å². The van der Waals surface area contributed by atoms with E-state index in [1.807, 2.05) is 37.3 Å². The summed E-state index contributed by atoms with van der Waals surface area (Å²) in [4.78, 5) is 0. The van der Waals surface area contributed by atoms with Gasteiger partial charge >= 0.3 is 0 Å². The molecule has 0 saturated heterocycles. The fourth-order valence-electron chi connectivity index (χ4n) is 2.09. The van der Waals surface area contributed by atoms with Gasteiger partial charge in [0.05, 0.1) is 18.8 Å². The average Bonchev–Trinajstić information content (AvgIpc) is 3.15. The molecule has 2 aromatic rings. The molecule has 5 nitrogen and oxygen atoms in total. The lowest BCUT2D eigenvalue weighted by molar-refractivity contribution is 0.174. The van der Waals surface area contributed by atoms with E-state index in [9.17, 15) is 0 Å². The Bertz CT molecular complexity index is 628. The molecular formula is C15H16N2O3S. The van der Waals surface area contributed by atoms with Crippen molar-refractivity contribution < 1.29 is 13.9 Å². The van der Waals surface area contributed by atoms with Crippen molar-refractivity contribution in [2.45, 2.75) is 19.5 Å². The lowest BCUT2D eigenvalue weighted by Crippen LogP contribution is -2.36. The van der Waals surface area contributed by atoms with Crippen LogP contribution in [0.3, 0.4) is 0 Å². The van der Waals surface area contributed by atoms with E-state index < -0.39 is 0 Å². The summed E-state index contributed by atoms with van der Waals surface area (Å²) in [5.41, 5.74) is 1.08. The normalized spacial score (nSPS) is 13.8. The van der Waals surface area contributed by atoms with E-state index in [-0.39, 0.29) is 12.8 Å². The molecule has 0 bridgehead atoms. The molecule has 0 amide bonds. The van der Waals surface area contributed by atoms with E-state index in [1.165, 1.54) is 0 Å². The Morgan fingerprint density at radius 2 is 2.14 bits per heavy atom. The Kier molecular flexibility index (Phi) is 3.96. The van der Waals surface area contributed by atoms with Crippen molar-refractivity contribution in [1.29, 1.82) is 0 Å². The van der Waals surface area contributed by atoms with Crippen LogP contribution in [0.15, 0.2) is 41.0 Å². The van der Waals surface area contributed by atoms with Crippen molar-refractivity contribution in [3.63, 3.8) is 0 Å². The summed E-state index contributed by atoms with van der Waals surface area (Å²) >= 11 is 5.28. The van der Waals surface area contributed by atoms with Crippen molar-refractivity contribution in [2.24, 2.45) is 0 Å². The van der Waals surface area contributed by atoms with Crippen molar-refractivity contribution in [3.05, 3.63) is 47.9 Å². The van der Waals surface area contributed by atoms with E-state index in [2.05, 4.69) is 10.6 Å².